The highest BCUT2D eigenvalue weighted by molar-refractivity contribution is 9.11. The molecule has 19 heavy (non-hydrogen) atoms. The largest absolute Gasteiger partial charge is 0.484 e. The molecule has 0 bridgehead atoms. The Morgan fingerprint density at radius 3 is 2.74 bits per heavy atom. The number of ether oxygens (including phenoxy) is 1. The summed E-state index contributed by atoms with van der Waals surface area (Å²) in [4.78, 5) is 0. The second kappa shape index (κ2) is 6.59. The zero-order chi connectivity index (χ0) is 13.8. The van der Waals surface area contributed by atoms with E-state index in [2.05, 4.69) is 37.2 Å². The summed E-state index contributed by atoms with van der Waals surface area (Å²) in [7, 11) is 1.90. The Bertz CT molecular complexity index is 567. The Kier molecular flexibility index (Phi) is 5.07. The molecule has 5 heteroatoms. The minimum atomic E-state index is 0.421. The van der Waals surface area contributed by atoms with Crippen LogP contribution in [0.15, 0.2) is 37.6 Å². The van der Waals surface area contributed by atoms with Crippen molar-refractivity contribution < 1.29 is 9.15 Å². The van der Waals surface area contributed by atoms with Crippen molar-refractivity contribution >= 4 is 31.9 Å². The van der Waals surface area contributed by atoms with Crippen LogP contribution in [0.1, 0.15) is 17.1 Å². The predicted molar refractivity (Wildman–Crippen MR) is 82.4 cm³/mol. The van der Waals surface area contributed by atoms with E-state index in [4.69, 9.17) is 9.15 Å². The SMILES string of the molecule is CNCc1oc(COc2ccc(Br)cc2Br)cc1C. The lowest BCUT2D eigenvalue weighted by Gasteiger charge is -2.06. The Balaban J connectivity index is 2.04. The van der Waals surface area contributed by atoms with Crippen LogP contribution in [0.2, 0.25) is 0 Å². The van der Waals surface area contributed by atoms with Crippen LogP contribution in [0, 0.1) is 6.92 Å². The molecule has 0 atom stereocenters. The van der Waals surface area contributed by atoms with Crippen LogP contribution in [0.25, 0.3) is 0 Å². The predicted octanol–water partition coefficient (Wildman–Crippen LogP) is 4.41. The maximum Gasteiger partial charge on any atom is 0.146 e. The molecule has 0 radical (unpaired) electrons. The van der Waals surface area contributed by atoms with E-state index in [1.54, 1.807) is 0 Å². The van der Waals surface area contributed by atoms with Crippen LogP contribution >= 0.6 is 31.9 Å². The number of rotatable bonds is 5. The molecule has 0 unspecified atom stereocenters. The van der Waals surface area contributed by atoms with Gasteiger partial charge in [0.05, 0.1) is 11.0 Å². The quantitative estimate of drug-likeness (QED) is 0.823. The highest BCUT2D eigenvalue weighted by atomic mass is 79.9. The summed E-state index contributed by atoms with van der Waals surface area (Å²) in [6, 6.07) is 7.83. The van der Waals surface area contributed by atoms with Gasteiger partial charge in [-0.25, -0.2) is 0 Å². The van der Waals surface area contributed by atoms with Crippen LogP contribution in [0.4, 0.5) is 0 Å². The average molecular weight is 389 g/mol. The molecule has 102 valence electrons. The van der Waals surface area contributed by atoms with E-state index in [-0.39, 0.29) is 0 Å². The fourth-order valence-electron chi connectivity index (χ4n) is 1.74. The third-order valence-electron chi connectivity index (χ3n) is 2.67. The van der Waals surface area contributed by atoms with Gasteiger partial charge in [0.1, 0.15) is 23.9 Å². The van der Waals surface area contributed by atoms with E-state index >= 15 is 0 Å². The number of furan rings is 1. The van der Waals surface area contributed by atoms with Gasteiger partial charge >= 0.3 is 0 Å². The number of hydrogen-bond acceptors (Lipinski definition) is 3. The van der Waals surface area contributed by atoms with Gasteiger partial charge in [-0.2, -0.15) is 0 Å². The van der Waals surface area contributed by atoms with E-state index in [0.29, 0.717) is 6.61 Å². The molecule has 0 aliphatic rings. The molecule has 0 fully saturated rings. The smallest absolute Gasteiger partial charge is 0.146 e. The Morgan fingerprint density at radius 2 is 2.05 bits per heavy atom. The molecule has 0 amide bonds. The molecule has 2 aromatic rings. The van der Waals surface area contributed by atoms with Crippen LogP contribution in [0.3, 0.4) is 0 Å². The van der Waals surface area contributed by atoms with E-state index < -0.39 is 0 Å². The van der Waals surface area contributed by atoms with E-state index in [9.17, 15) is 0 Å². The maximum absolute atomic E-state index is 5.74. The van der Waals surface area contributed by atoms with Crippen molar-refractivity contribution in [3.63, 3.8) is 0 Å². The summed E-state index contributed by atoms with van der Waals surface area (Å²) in [5.74, 6) is 2.58. The fourth-order valence-corrected chi connectivity index (χ4v) is 2.90. The highest BCUT2D eigenvalue weighted by Gasteiger charge is 2.08. The van der Waals surface area contributed by atoms with Crippen LogP contribution in [-0.2, 0) is 13.2 Å². The van der Waals surface area contributed by atoms with Crippen molar-refractivity contribution in [2.24, 2.45) is 0 Å². The number of benzene rings is 1. The molecule has 0 saturated heterocycles. The summed E-state index contributed by atoms with van der Waals surface area (Å²) in [5, 5.41) is 3.08. The molecule has 0 spiro atoms. The van der Waals surface area contributed by atoms with Crippen molar-refractivity contribution in [2.45, 2.75) is 20.1 Å². The lowest BCUT2D eigenvalue weighted by atomic mass is 10.2. The number of hydrogen-bond donors (Lipinski definition) is 1. The van der Waals surface area contributed by atoms with Gasteiger partial charge in [0.25, 0.3) is 0 Å². The number of nitrogens with one attached hydrogen (secondary N) is 1. The van der Waals surface area contributed by atoms with Crippen LogP contribution in [0.5, 0.6) is 5.75 Å². The lowest BCUT2D eigenvalue weighted by molar-refractivity contribution is 0.264. The van der Waals surface area contributed by atoms with Crippen molar-refractivity contribution in [2.75, 3.05) is 7.05 Å². The third-order valence-corrected chi connectivity index (χ3v) is 3.79. The average Bonchev–Trinajstić information content (AvgIpc) is 2.70. The third kappa shape index (κ3) is 3.84. The standard InChI is InChI=1S/C14H15Br2NO2/c1-9-5-11(19-14(9)7-17-2)8-18-13-4-3-10(15)6-12(13)16/h3-6,17H,7-8H2,1-2H3. The van der Waals surface area contributed by atoms with E-state index in [1.165, 1.54) is 0 Å². The molecule has 1 aromatic heterocycles. The van der Waals surface area contributed by atoms with Gasteiger partial charge in [-0.1, -0.05) is 15.9 Å². The second-order valence-corrected chi connectivity index (χ2v) is 5.98. The Labute approximate surface area is 129 Å². The van der Waals surface area contributed by atoms with Crippen molar-refractivity contribution in [1.82, 2.24) is 5.32 Å². The monoisotopic (exact) mass is 387 g/mol. The van der Waals surface area contributed by atoms with Gasteiger partial charge in [0, 0.05) is 4.47 Å². The minimum Gasteiger partial charge on any atom is -0.484 e. The minimum absolute atomic E-state index is 0.421. The van der Waals surface area contributed by atoms with Crippen molar-refractivity contribution in [3.05, 3.63) is 50.3 Å². The zero-order valence-electron chi connectivity index (χ0n) is 10.8. The summed E-state index contributed by atoms with van der Waals surface area (Å²) in [6.07, 6.45) is 0. The molecule has 2 rings (SSSR count). The second-order valence-electron chi connectivity index (χ2n) is 4.21. The zero-order valence-corrected chi connectivity index (χ0v) is 14.0. The van der Waals surface area contributed by atoms with Crippen molar-refractivity contribution in [3.8, 4) is 5.75 Å². The van der Waals surface area contributed by atoms with Gasteiger partial charge < -0.3 is 14.5 Å². The first-order valence-electron chi connectivity index (χ1n) is 5.91. The van der Waals surface area contributed by atoms with Gasteiger partial charge in [-0.3, -0.25) is 0 Å². The molecule has 3 nitrogen and oxygen atoms in total. The first kappa shape index (κ1) is 14.6. The summed E-state index contributed by atoms with van der Waals surface area (Å²) in [5.41, 5.74) is 1.14. The molecular weight excluding hydrogens is 374 g/mol. The van der Waals surface area contributed by atoms with Crippen LogP contribution in [-0.4, -0.2) is 7.05 Å². The normalized spacial score (nSPS) is 10.7. The highest BCUT2D eigenvalue weighted by Crippen LogP contribution is 2.29. The van der Waals surface area contributed by atoms with Crippen LogP contribution < -0.4 is 10.1 Å². The molecule has 1 heterocycles. The summed E-state index contributed by atoms with van der Waals surface area (Å²) >= 11 is 6.88. The van der Waals surface area contributed by atoms with Gasteiger partial charge in [0.15, 0.2) is 0 Å². The van der Waals surface area contributed by atoms with Gasteiger partial charge in [-0.15, -0.1) is 0 Å². The van der Waals surface area contributed by atoms with Gasteiger partial charge in [-0.05, 0) is 59.7 Å². The summed E-state index contributed by atoms with van der Waals surface area (Å²) in [6.45, 7) is 3.19. The fraction of sp³-hybridized carbons (Fsp3) is 0.286. The van der Waals surface area contributed by atoms with E-state index in [1.807, 2.05) is 38.2 Å². The molecule has 0 aliphatic carbocycles. The Morgan fingerprint density at radius 1 is 1.26 bits per heavy atom. The van der Waals surface area contributed by atoms with E-state index in [0.717, 1.165) is 38.3 Å². The Hall–Kier alpha value is -0.780. The first-order valence-corrected chi connectivity index (χ1v) is 7.49. The molecule has 1 N–H and O–H groups in total. The molecular formula is C14H15Br2NO2. The lowest BCUT2D eigenvalue weighted by Crippen LogP contribution is -2.04. The van der Waals surface area contributed by atoms with Gasteiger partial charge in [0.2, 0.25) is 0 Å². The molecule has 1 aromatic carbocycles. The molecule has 0 saturated carbocycles. The number of aryl methyl sites for hydroxylation is 1. The maximum atomic E-state index is 5.74. The van der Waals surface area contributed by atoms with Crippen molar-refractivity contribution in [1.29, 1.82) is 0 Å². The molecule has 0 aliphatic heterocycles. The summed E-state index contributed by atoms with van der Waals surface area (Å²) < 4.78 is 13.4. The first-order chi connectivity index (χ1) is 9.10. The number of halogens is 2. The topological polar surface area (TPSA) is 34.4 Å².